The van der Waals surface area contributed by atoms with Gasteiger partial charge >= 0.3 is 5.97 Å². The van der Waals surface area contributed by atoms with E-state index < -0.39 is 5.97 Å². The minimum atomic E-state index is -0.485. The second-order valence-corrected chi connectivity index (χ2v) is 5.44. The first-order valence-corrected chi connectivity index (χ1v) is 7.38. The lowest BCUT2D eigenvalue weighted by Crippen LogP contribution is -2.08. The molecule has 0 amide bonds. The molecule has 0 bridgehead atoms. The third kappa shape index (κ3) is 3.68. The Bertz CT molecular complexity index is 676. The number of ether oxygens (including phenoxy) is 2. The lowest BCUT2D eigenvalue weighted by Gasteiger charge is -2.12. The molecular formula is C15H13BrClNO3. The van der Waals surface area contributed by atoms with Crippen LogP contribution in [0.2, 0.25) is 5.02 Å². The monoisotopic (exact) mass is 369 g/mol. The van der Waals surface area contributed by atoms with Crippen LogP contribution in [0.1, 0.15) is 17.3 Å². The van der Waals surface area contributed by atoms with Gasteiger partial charge in [0.1, 0.15) is 5.75 Å². The van der Waals surface area contributed by atoms with Crippen LogP contribution in [-0.4, -0.2) is 12.6 Å². The molecule has 6 heteroatoms. The van der Waals surface area contributed by atoms with Crippen LogP contribution in [0.4, 0.5) is 5.69 Å². The maximum Gasteiger partial charge on any atom is 0.340 e. The Balaban J connectivity index is 2.35. The molecule has 0 radical (unpaired) electrons. The summed E-state index contributed by atoms with van der Waals surface area (Å²) in [6, 6.07) is 10.1. The summed E-state index contributed by atoms with van der Waals surface area (Å²) >= 11 is 9.41. The molecule has 0 aliphatic rings. The molecule has 4 nitrogen and oxygen atoms in total. The van der Waals surface area contributed by atoms with Gasteiger partial charge in [-0.25, -0.2) is 4.79 Å². The van der Waals surface area contributed by atoms with Gasteiger partial charge in [-0.1, -0.05) is 33.6 Å². The average molecular weight is 371 g/mol. The summed E-state index contributed by atoms with van der Waals surface area (Å²) < 4.78 is 11.5. The molecule has 0 fully saturated rings. The standard InChI is InChI=1S/C15H13BrClNO3/c1-2-20-15(19)10-4-3-5-12(14(10)18)21-13-8-9(16)6-7-11(13)17/h3-8H,2,18H2,1H3. The highest BCUT2D eigenvalue weighted by Crippen LogP contribution is 2.35. The smallest absolute Gasteiger partial charge is 0.340 e. The van der Waals surface area contributed by atoms with Gasteiger partial charge in [-0.2, -0.15) is 0 Å². The van der Waals surface area contributed by atoms with Gasteiger partial charge in [-0.3, -0.25) is 0 Å². The molecule has 0 aliphatic carbocycles. The molecule has 0 unspecified atom stereocenters. The minimum Gasteiger partial charge on any atom is -0.462 e. The zero-order valence-corrected chi connectivity index (χ0v) is 13.6. The number of rotatable bonds is 4. The van der Waals surface area contributed by atoms with E-state index in [0.717, 1.165) is 4.47 Å². The van der Waals surface area contributed by atoms with Gasteiger partial charge in [-0.15, -0.1) is 0 Å². The molecule has 0 spiro atoms. The summed E-state index contributed by atoms with van der Waals surface area (Å²) in [6.07, 6.45) is 0. The summed E-state index contributed by atoms with van der Waals surface area (Å²) in [5.74, 6) is 0.306. The Morgan fingerprint density at radius 3 is 2.76 bits per heavy atom. The second-order valence-electron chi connectivity index (χ2n) is 4.11. The van der Waals surface area contributed by atoms with Gasteiger partial charge in [0.15, 0.2) is 5.75 Å². The SMILES string of the molecule is CCOC(=O)c1cccc(Oc2cc(Br)ccc2Cl)c1N. The van der Waals surface area contributed by atoms with E-state index in [0.29, 0.717) is 16.5 Å². The Morgan fingerprint density at radius 2 is 2.05 bits per heavy atom. The molecular weight excluding hydrogens is 358 g/mol. The number of hydrogen-bond donors (Lipinski definition) is 1. The molecule has 0 aromatic heterocycles. The van der Waals surface area contributed by atoms with Crippen LogP contribution < -0.4 is 10.5 Å². The first-order valence-electron chi connectivity index (χ1n) is 6.21. The molecule has 0 heterocycles. The van der Waals surface area contributed by atoms with Crippen LogP contribution in [-0.2, 0) is 4.74 Å². The highest BCUT2D eigenvalue weighted by atomic mass is 79.9. The number of hydrogen-bond acceptors (Lipinski definition) is 4. The third-order valence-electron chi connectivity index (χ3n) is 2.67. The van der Waals surface area contributed by atoms with Crippen molar-refractivity contribution in [2.45, 2.75) is 6.92 Å². The van der Waals surface area contributed by atoms with Crippen LogP contribution in [0.25, 0.3) is 0 Å². The number of para-hydroxylation sites is 1. The van der Waals surface area contributed by atoms with E-state index in [2.05, 4.69) is 15.9 Å². The molecule has 0 saturated heterocycles. The number of nitrogen functional groups attached to an aromatic ring is 1. The lowest BCUT2D eigenvalue weighted by molar-refractivity contribution is 0.0527. The maximum atomic E-state index is 11.8. The zero-order valence-electron chi connectivity index (χ0n) is 11.2. The van der Waals surface area contributed by atoms with Gasteiger partial charge < -0.3 is 15.2 Å². The van der Waals surface area contributed by atoms with Crippen LogP contribution >= 0.6 is 27.5 Å². The number of esters is 1. The van der Waals surface area contributed by atoms with Crippen molar-refractivity contribution < 1.29 is 14.3 Å². The van der Waals surface area contributed by atoms with Crippen molar-refractivity contribution in [3.63, 3.8) is 0 Å². The maximum absolute atomic E-state index is 11.8. The predicted octanol–water partition coefficient (Wildman–Crippen LogP) is 4.65. The Kier molecular flexibility index (Phi) is 5.09. The van der Waals surface area contributed by atoms with Crippen LogP contribution in [0.5, 0.6) is 11.5 Å². The highest BCUT2D eigenvalue weighted by molar-refractivity contribution is 9.10. The minimum absolute atomic E-state index is 0.215. The fourth-order valence-electron chi connectivity index (χ4n) is 1.69. The molecule has 0 aliphatic heterocycles. The molecule has 0 atom stereocenters. The zero-order chi connectivity index (χ0) is 15.4. The molecule has 21 heavy (non-hydrogen) atoms. The fourth-order valence-corrected chi connectivity index (χ4v) is 2.19. The van der Waals surface area contributed by atoms with Gasteiger partial charge in [-0.05, 0) is 37.3 Å². The van der Waals surface area contributed by atoms with E-state index >= 15 is 0 Å². The van der Waals surface area contributed by atoms with Gasteiger partial charge in [0.05, 0.1) is 22.9 Å². The molecule has 2 rings (SSSR count). The highest BCUT2D eigenvalue weighted by Gasteiger charge is 2.15. The van der Waals surface area contributed by atoms with Crippen LogP contribution in [0.3, 0.4) is 0 Å². The fraction of sp³-hybridized carbons (Fsp3) is 0.133. The number of halogens is 2. The quantitative estimate of drug-likeness (QED) is 0.628. The third-order valence-corrected chi connectivity index (χ3v) is 3.48. The molecule has 110 valence electrons. The van der Waals surface area contributed by atoms with Crippen molar-refractivity contribution in [3.8, 4) is 11.5 Å². The number of carbonyl (C=O) groups is 1. The van der Waals surface area contributed by atoms with Crippen LogP contribution in [0.15, 0.2) is 40.9 Å². The molecule has 2 aromatic carbocycles. The van der Waals surface area contributed by atoms with Gasteiger partial charge in [0, 0.05) is 4.47 Å². The number of anilines is 1. The van der Waals surface area contributed by atoms with Crippen molar-refractivity contribution in [3.05, 3.63) is 51.5 Å². The Labute approximate surface area is 135 Å². The first kappa shape index (κ1) is 15.7. The normalized spacial score (nSPS) is 10.2. The van der Waals surface area contributed by atoms with Crippen LogP contribution in [0, 0.1) is 0 Å². The van der Waals surface area contributed by atoms with Crippen molar-refractivity contribution in [1.29, 1.82) is 0 Å². The number of nitrogens with two attached hydrogens (primary N) is 1. The summed E-state index contributed by atoms with van der Waals surface area (Å²) in [5.41, 5.74) is 6.45. The summed E-state index contributed by atoms with van der Waals surface area (Å²) in [4.78, 5) is 11.8. The van der Waals surface area contributed by atoms with Crippen molar-refractivity contribution in [2.24, 2.45) is 0 Å². The number of benzene rings is 2. The van der Waals surface area contributed by atoms with Gasteiger partial charge in [0.25, 0.3) is 0 Å². The summed E-state index contributed by atoms with van der Waals surface area (Å²) in [7, 11) is 0. The molecule has 2 N–H and O–H groups in total. The Hall–Kier alpha value is -1.72. The number of carbonyl (C=O) groups excluding carboxylic acids is 1. The second kappa shape index (κ2) is 6.83. The lowest BCUT2D eigenvalue weighted by atomic mass is 10.1. The van der Waals surface area contributed by atoms with Crippen molar-refractivity contribution in [1.82, 2.24) is 0 Å². The van der Waals surface area contributed by atoms with E-state index in [-0.39, 0.29) is 17.9 Å². The van der Waals surface area contributed by atoms with E-state index in [1.54, 1.807) is 43.3 Å². The van der Waals surface area contributed by atoms with Crippen molar-refractivity contribution in [2.75, 3.05) is 12.3 Å². The summed E-state index contributed by atoms with van der Waals surface area (Å²) in [6.45, 7) is 2.01. The van der Waals surface area contributed by atoms with E-state index in [9.17, 15) is 4.79 Å². The largest absolute Gasteiger partial charge is 0.462 e. The average Bonchev–Trinajstić information content (AvgIpc) is 2.45. The van der Waals surface area contributed by atoms with E-state index in [4.69, 9.17) is 26.8 Å². The Morgan fingerprint density at radius 1 is 1.29 bits per heavy atom. The summed E-state index contributed by atoms with van der Waals surface area (Å²) in [5, 5.41) is 0.444. The topological polar surface area (TPSA) is 61.5 Å². The first-order chi connectivity index (χ1) is 10.0. The van der Waals surface area contributed by atoms with E-state index in [1.165, 1.54) is 0 Å². The van der Waals surface area contributed by atoms with Gasteiger partial charge in [0.2, 0.25) is 0 Å². The molecule has 0 saturated carbocycles. The predicted molar refractivity (Wildman–Crippen MR) is 86.0 cm³/mol. The van der Waals surface area contributed by atoms with E-state index in [1.807, 2.05) is 0 Å². The van der Waals surface area contributed by atoms with Crippen molar-refractivity contribution >= 4 is 39.2 Å². The molecule has 2 aromatic rings.